The molecule has 1 heterocycles. The number of nitrogens with zero attached hydrogens (tertiary/aromatic N) is 2. The van der Waals surface area contributed by atoms with Gasteiger partial charge in [0.2, 0.25) is 0 Å². The van der Waals surface area contributed by atoms with Crippen molar-refractivity contribution in [2.75, 3.05) is 39.9 Å². The molecule has 118 valence electrons. The molecular formula is C16H25ClN2O2. The van der Waals surface area contributed by atoms with Gasteiger partial charge in [-0.05, 0) is 31.2 Å². The van der Waals surface area contributed by atoms with E-state index < -0.39 is 0 Å². The average molecular weight is 313 g/mol. The first-order chi connectivity index (χ1) is 10.1. The SMILES string of the molecule is CCCOc1ccc(CN2CCN(C)C(CO)C2)cc1Cl. The highest BCUT2D eigenvalue weighted by Gasteiger charge is 2.23. The number of piperazine rings is 1. The van der Waals surface area contributed by atoms with E-state index in [0.29, 0.717) is 11.6 Å². The third-order valence-electron chi connectivity index (χ3n) is 3.94. The fraction of sp³-hybridized carbons (Fsp3) is 0.625. The Morgan fingerprint density at radius 2 is 2.19 bits per heavy atom. The number of aliphatic hydroxyl groups excluding tert-OH is 1. The second-order valence-electron chi connectivity index (χ2n) is 5.67. The van der Waals surface area contributed by atoms with Gasteiger partial charge in [-0.1, -0.05) is 24.6 Å². The predicted molar refractivity (Wildman–Crippen MR) is 86.0 cm³/mol. The van der Waals surface area contributed by atoms with Crippen molar-refractivity contribution in [3.05, 3.63) is 28.8 Å². The smallest absolute Gasteiger partial charge is 0.137 e. The Labute approximate surface area is 132 Å². The summed E-state index contributed by atoms with van der Waals surface area (Å²) in [4.78, 5) is 4.57. The monoisotopic (exact) mass is 312 g/mol. The van der Waals surface area contributed by atoms with E-state index in [4.69, 9.17) is 16.3 Å². The van der Waals surface area contributed by atoms with Gasteiger partial charge >= 0.3 is 0 Å². The minimum atomic E-state index is 0.206. The third-order valence-corrected chi connectivity index (χ3v) is 4.23. The molecule has 0 saturated carbocycles. The zero-order valence-corrected chi connectivity index (χ0v) is 13.6. The molecule has 0 bridgehead atoms. The first kappa shape index (κ1) is 16.6. The van der Waals surface area contributed by atoms with Crippen molar-refractivity contribution in [3.63, 3.8) is 0 Å². The second kappa shape index (κ2) is 7.99. The number of benzene rings is 1. The highest BCUT2D eigenvalue weighted by atomic mass is 35.5. The largest absolute Gasteiger partial charge is 0.492 e. The number of halogens is 1. The Kier molecular flexibility index (Phi) is 6.30. The van der Waals surface area contributed by atoms with Crippen LogP contribution < -0.4 is 4.74 Å². The lowest BCUT2D eigenvalue weighted by Gasteiger charge is -2.38. The number of ether oxygens (including phenoxy) is 1. The maximum Gasteiger partial charge on any atom is 0.137 e. The number of hydrogen-bond donors (Lipinski definition) is 1. The van der Waals surface area contributed by atoms with Crippen LogP contribution in [0.1, 0.15) is 18.9 Å². The van der Waals surface area contributed by atoms with Crippen LogP contribution in [0.3, 0.4) is 0 Å². The van der Waals surface area contributed by atoms with Crippen molar-refractivity contribution in [2.24, 2.45) is 0 Å². The van der Waals surface area contributed by atoms with E-state index in [1.165, 1.54) is 5.56 Å². The van der Waals surface area contributed by atoms with Crippen LogP contribution in [0, 0.1) is 0 Å². The van der Waals surface area contributed by atoms with Crippen molar-refractivity contribution in [1.29, 1.82) is 0 Å². The molecule has 1 N–H and O–H groups in total. The summed E-state index contributed by atoms with van der Waals surface area (Å²) in [6.45, 7) is 6.71. The number of likely N-dealkylation sites (N-methyl/N-ethyl adjacent to an activating group) is 1. The molecule has 0 aromatic heterocycles. The molecule has 0 radical (unpaired) electrons. The van der Waals surface area contributed by atoms with E-state index in [0.717, 1.165) is 38.3 Å². The molecule has 1 aliphatic heterocycles. The quantitative estimate of drug-likeness (QED) is 0.874. The first-order valence-corrected chi connectivity index (χ1v) is 7.96. The molecule has 4 nitrogen and oxygen atoms in total. The van der Waals surface area contributed by atoms with E-state index in [1.54, 1.807) is 0 Å². The molecule has 2 rings (SSSR count). The summed E-state index contributed by atoms with van der Waals surface area (Å²) in [6.07, 6.45) is 0.974. The number of hydrogen-bond acceptors (Lipinski definition) is 4. The molecule has 21 heavy (non-hydrogen) atoms. The van der Waals surface area contributed by atoms with Gasteiger partial charge in [0.05, 0.1) is 18.2 Å². The van der Waals surface area contributed by atoms with Crippen molar-refractivity contribution in [2.45, 2.75) is 25.9 Å². The van der Waals surface area contributed by atoms with Gasteiger partial charge in [0.15, 0.2) is 0 Å². The molecule has 1 aliphatic rings. The lowest BCUT2D eigenvalue weighted by atomic mass is 10.1. The average Bonchev–Trinajstić information content (AvgIpc) is 2.48. The fourth-order valence-corrected chi connectivity index (χ4v) is 2.84. The van der Waals surface area contributed by atoms with Gasteiger partial charge in [0, 0.05) is 32.2 Å². The van der Waals surface area contributed by atoms with Gasteiger partial charge in [0.25, 0.3) is 0 Å². The summed E-state index contributed by atoms with van der Waals surface area (Å²) in [5.74, 6) is 0.758. The minimum Gasteiger partial charge on any atom is -0.492 e. The number of rotatable bonds is 6. The van der Waals surface area contributed by atoms with Gasteiger partial charge in [-0.25, -0.2) is 0 Å². The van der Waals surface area contributed by atoms with Crippen LogP contribution in [-0.4, -0.2) is 60.8 Å². The van der Waals surface area contributed by atoms with Crippen molar-refractivity contribution in [1.82, 2.24) is 9.80 Å². The van der Waals surface area contributed by atoms with Crippen LogP contribution >= 0.6 is 11.6 Å². The molecule has 1 fully saturated rings. The molecule has 1 unspecified atom stereocenters. The Bertz CT molecular complexity index is 456. The molecule has 1 aromatic carbocycles. The summed E-state index contributed by atoms with van der Waals surface area (Å²) >= 11 is 6.27. The summed E-state index contributed by atoms with van der Waals surface area (Å²) in [6, 6.07) is 6.23. The van der Waals surface area contributed by atoms with Gasteiger partial charge in [-0.2, -0.15) is 0 Å². The van der Waals surface area contributed by atoms with Crippen LogP contribution in [0.5, 0.6) is 5.75 Å². The van der Waals surface area contributed by atoms with Crippen molar-refractivity contribution >= 4 is 11.6 Å². The standard InChI is InChI=1S/C16H25ClN2O2/c1-3-8-21-16-5-4-13(9-15(16)17)10-19-7-6-18(2)14(11-19)12-20/h4-5,9,14,20H,3,6-8,10-12H2,1-2H3. The summed E-state index contributed by atoms with van der Waals surface area (Å²) in [5, 5.41) is 10.1. The second-order valence-corrected chi connectivity index (χ2v) is 6.07. The normalized spacial score (nSPS) is 20.7. The van der Waals surface area contributed by atoms with Crippen LogP contribution in [-0.2, 0) is 6.54 Å². The lowest BCUT2D eigenvalue weighted by molar-refractivity contribution is 0.0540. The van der Waals surface area contributed by atoms with E-state index in [9.17, 15) is 5.11 Å². The molecule has 0 spiro atoms. The topological polar surface area (TPSA) is 35.9 Å². The lowest BCUT2D eigenvalue weighted by Crippen LogP contribution is -2.52. The van der Waals surface area contributed by atoms with Gasteiger partial charge < -0.3 is 9.84 Å². The Morgan fingerprint density at radius 3 is 2.86 bits per heavy atom. The Balaban J connectivity index is 1.95. The fourth-order valence-electron chi connectivity index (χ4n) is 2.58. The molecule has 0 aliphatic carbocycles. The van der Waals surface area contributed by atoms with E-state index in [2.05, 4.69) is 29.8 Å². The van der Waals surface area contributed by atoms with E-state index in [1.807, 2.05) is 12.1 Å². The molecule has 1 aromatic rings. The molecule has 0 amide bonds. The van der Waals surface area contributed by atoms with Crippen LogP contribution in [0.4, 0.5) is 0 Å². The van der Waals surface area contributed by atoms with Crippen molar-refractivity contribution < 1.29 is 9.84 Å². The third kappa shape index (κ3) is 4.58. The summed E-state index contributed by atoms with van der Waals surface area (Å²) in [5.41, 5.74) is 1.19. The zero-order valence-electron chi connectivity index (χ0n) is 12.9. The van der Waals surface area contributed by atoms with E-state index >= 15 is 0 Å². The maximum absolute atomic E-state index is 9.40. The summed E-state index contributed by atoms with van der Waals surface area (Å²) < 4.78 is 5.59. The zero-order chi connectivity index (χ0) is 15.2. The van der Waals surface area contributed by atoms with Crippen LogP contribution in [0.25, 0.3) is 0 Å². The summed E-state index contributed by atoms with van der Waals surface area (Å²) in [7, 11) is 2.06. The molecule has 1 saturated heterocycles. The van der Waals surface area contributed by atoms with Gasteiger partial charge in [0.1, 0.15) is 5.75 Å². The minimum absolute atomic E-state index is 0.206. The Hall–Kier alpha value is -0.810. The highest BCUT2D eigenvalue weighted by Crippen LogP contribution is 2.26. The first-order valence-electron chi connectivity index (χ1n) is 7.58. The molecular weight excluding hydrogens is 288 g/mol. The Morgan fingerprint density at radius 1 is 1.38 bits per heavy atom. The van der Waals surface area contributed by atoms with Crippen molar-refractivity contribution in [3.8, 4) is 5.75 Å². The molecule has 1 atom stereocenters. The van der Waals surface area contributed by atoms with Gasteiger partial charge in [-0.3, -0.25) is 9.80 Å². The van der Waals surface area contributed by atoms with E-state index in [-0.39, 0.29) is 12.6 Å². The predicted octanol–water partition coefficient (Wildman–Crippen LogP) is 2.24. The van der Waals surface area contributed by atoms with Gasteiger partial charge in [-0.15, -0.1) is 0 Å². The van der Waals surface area contributed by atoms with Crippen LogP contribution in [0.2, 0.25) is 5.02 Å². The highest BCUT2D eigenvalue weighted by molar-refractivity contribution is 6.32. The molecule has 5 heteroatoms. The van der Waals surface area contributed by atoms with Crippen LogP contribution in [0.15, 0.2) is 18.2 Å². The number of aliphatic hydroxyl groups is 1. The maximum atomic E-state index is 9.40.